The van der Waals surface area contributed by atoms with Gasteiger partial charge in [0.25, 0.3) is 0 Å². The molecule has 17 heavy (non-hydrogen) atoms. The van der Waals surface area contributed by atoms with Crippen LogP contribution in [0.4, 0.5) is 5.69 Å². The van der Waals surface area contributed by atoms with Crippen molar-refractivity contribution in [3.8, 4) is 0 Å². The minimum Gasteiger partial charge on any atom is -0.310 e. The summed E-state index contributed by atoms with van der Waals surface area (Å²) in [5.41, 5.74) is 1.97. The molecule has 0 aromatic carbocycles. The van der Waals surface area contributed by atoms with Crippen molar-refractivity contribution in [1.82, 2.24) is 10.3 Å². The Morgan fingerprint density at radius 3 is 2.88 bits per heavy atom. The Hall–Kier alpha value is -1.42. The Labute approximate surface area is 102 Å². The zero-order valence-electron chi connectivity index (χ0n) is 10.4. The van der Waals surface area contributed by atoms with Crippen LogP contribution in [0.25, 0.3) is 0 Å². The summed E-state index contributed by atoms with van der Waals surface area (Å²) in [5.74, 6) is 0.548. The van der Waals surface area contributed by atoms with Crippen LogP contribution in [0.1, 0.15) is 31.9 Å². The van der Waals surface area contributed by atoms with Gasteiger partial charge in [-0.25, -0.2) is 0 Å². The zero-order chi connectivity index (χ0) is 12.3. The van der Waals surface area contributed by atoms with Gasteiger partial charge in [0.1, 0.15) is 0 Å². The molecule has 2 heterocycles. The highest BCUT2D eigenvalue weighted by Crippen LogP contribution is 2.18. The lowest BCUT2D eigenvalue weighted by molar-refractivity contribution is -0.117. The molecule has 1 aromatic heterocycles. The molecule has 0 unspecified atom stereocenters. The smallest absolute Gasteiger partial charge is 0.240 e. The topological polar surface area (TPSA) is 45.2 Å². The number of rotatable bonds is 2. The Kier molecular flexibility index (Phi) is 3.74. The lowest BCUT2D eigenvalue weighted by Gasteiger charge is -2.20. The fourth-order valence-corrected chi connectivity index (χ4v) is 1.95. The highest BCUT2D eigenvalue weighted by molar-refractivity contribution is 5.94. The molecular formula is C13H19N3O. The molecular weight excluding hydrogens is 214 g/mol. The van der Waals surface area contributed by atoms with Crippen LogP contribution >= 0.6 is 0 Å². The molecule has 1 aliphatic heterocycles. The van der Waals surface area contributed by atoms with E-state index in [4.69, 9.17) is 0 Å². The third-order valence-corrected chi connectivity index (χ3v) is 2.99. The molecule has 0 atom stereocenters. The summed E-state index contributed by atoms with van der Waals surface area (Å²) < 4.78 is 0. The van der Waals surface area contributed by atoms with Crippen LogP contribution < -0.4 is 10.2 Å². The quantitative estimate of drug-likeness (QED) is 0.842. The summed E-state index contributed by atoms with van der Waals surface area (Å²) in [5, 5.41) is 3.11. The van der Waals surface area contributed by atoms with Gasteiger partial charge in [-0.2, -0.15) is 0 Å². The van der Waals surface area contributed by atoms with Gasteiger partial charge >= 0.3 is 0 Å². The van der Waals surface area contributed by atoms with Gasteiger partial charge in [-0.1, -0.05) is 13.8 Å². The fraction of sp³-hybridized carbons (Fsp3) is 0.538. The van der Waals surface area contributed by atoms with Crippen molar-refractivity contribution in [2.75, 3.05) is 24.5 Å². The van der Waals surface area contributed by atoms with Gasteiger partial charge in [-0.15, -0.1) is 0 Å². The van der Waals surface area contributed by atoms with Crippen LogP contribution in [0.15, 0.2) is 18.3 Å². The molecule has 4 heteroatoms. The summed E-state index contributed by atoms with van der Waals surface area (Å²) in [6.45, 7) is 6.33. The minimum absolute atomic E-state index is 0.126. The third-order valence-electron chi connectivity index (χ3n) is 2.99. The molecule has 1 aliphatic rings. The molecule has 92 valence electrons. The van der Waals surface area contributed by atoms with E-state index in [9.17, 15) is 4.79 Å². The molecule has 0 radical (unpaired) electrons. The summed E-state index contributed by atoms with van der Waals surface area (Å²) in [4.78, 5) is 18.1. The first kappa shape index (κ1) is 12.0. The first-order valence-electron chi connectivity index (χ1n) is 6.15. The largest absolute Gasteiger partial charge is 0.310 e. The van der Waals surface area contributed by atoms with Crippen molar-refractivity contribution < 1.29 is 4.79 Å². The Morgan fingerprint density at radius 1 is 1.41 bits per heavy atom. The normalized spacial score (nSPS) is 17.4. The number of pyridine rings is 1. The van der Waals surface area contributed by atoms with E-state index in [0.717, 1.165) is 30.9 Å². The summed E-state index contributed by atoms with van der Waals surface area (Å²) >= 11 is 0. The van der Waals surface area contributed by atoms with Crippen molar-refractivity contribution in [2.45, 2.75) is 26.2 Å². The second-order valence-corrected chi connectivity index (χ2v) is 4.67. The van der Waals surface area contributed by atoms with Crippen LogP contribution in [-0.4, -0.2) is 30.5 Å². The number of hydrogen-bond donors (Lipinski definition) is 1. The van der Waals surface area contributed by atoms with Gasteiger partial charge in [0, 0.05) is 12.2 Å². The average molecular weight is 233 g/mol. The number of nitrogens with one attached hydrogen (secondary N) is 1. The highest BCUT2D eigenvalue weighted by atomic mass is 16.2. The molecule has 1 saturated heterocycles. The number of anilines is 1. The SMILES string of the molecule is CC(C)c1ccc(N2CCCNCC2=O)cn1. The maximum atomic E-state index is 11.9. The van der Waals surface area contributed by atoms with E-state index in [1.165, 1.54) is 0 Å². The lowest BCUT2D eigenvalue weighted by atomic mass is 10.1. The standard InChI is InChI=1S/C13H19N3O/c1-10(2)12-5-4-11(8-15-12)16-7-3-6-14-9-13(16)17/h4-5,8,10,14H,3,6-7,9H2,1-2H3. The predicted molar refractivity (Wildman–Crippen MR) is 68.2 cm³/mol. The number of aromatic nitrogens is 1. The highest BCUT2D eigenvalue weighted by Gasteiger charge is 2.18. The number of nitrogens with zero attached hydrogens (tertiary/aromatic N) is 2. The van der Waals surface area contributed by atoms with E-state index in [1.807, 2.05) is 17.0 Å². The number of carbonyl (C=O) groups is 1. The number of hydrogen-bond acceptors (Lipinski definition) is 3. The van der Waals surface area contributed by atoms with Crippen LogP contribution in [0.2, 0.25) is 0 Å². The molecule has 4 nitrogen and oxygen atoms in total. The van der Waals surface area contributed by atoms with Crippen molar-refractivity contribution >= 4 is 11.6 Å². The molecule has 0 spiro atoms. The molecule has 1 N–H and O–H groups in total. The zero-order valence-corrected chi connectivity index (χ0v) is 10.4. The van der Waals surface area contributed by atoms with Crippen LogP contribution in [-0.2, 0) is 4.79 Å². The Bertz CT molecular complexity index is 386. The average Bonchev–Trinajstić information content (AvgIpc) is 2.54. The molecule has 1 amide bonds. The number of carbonyl (C=O) groups excluding carboxylic acids is 1. The lowest BCUT2D eigenvalue weighted by Crippen LogP contribution is -2.34. The molecule has 0 bridgehead atoms. The minimum atomic E-state index is 0.126. The maximum absolute atomic E-state index is 11.9. The number of amides is 1. The molecule has 2 rings (SSSR count). The molecule has 0 saturated carbocycles. The van der Waals surface area contributed by atoms with Gasteiger partial charge in [0.15, 0.2) is 0 Å². The Balaban J connectivity index is 2.17. The van der Waals surface area contributed by atoms with Crippen LogP contribution in [0.3, 0.4) is 0 Å². The molecule has 1 aromatic rings. The maximum Gasteiger partial charge on any atom is 0.240 e. The van der Waals surface area contributed by atoms with Crippen LogP contribution in [0.5, 0.6) is 0 Å². The second-order valence-electron chi connectivity index (χ2n) is 4.67. The van der Waals surface area contributed by atoms with E-state index < -0.39 is 0 Å². The van der Waals surface area contributed by atoms with E-state index >= 15 is 0 Å². The fourth-order valence-electron chi connectivity index (χ4n) is 1.95. The summed E-state index contributed by atoms with van der Waals surface area (Å²) in [6.07, 6.45) is 2.79. The van der Waals surface area contributed by atoms with Crippen molar-refractivity contribution in [2.24, 2.45) is 0 Å². The molecule has 1 fully saturated rings. The third kappa shape index (κ3) is 2.82. The second kappa shape index (κ2) is 5.27. The molecule has 0 aliphatic carbocycles. The first-order valence-corrected chi connectivity index (χ1v) is 6.15. The monoisotopic (exact) mass is 233 g/mol. The van der Waals surface area contributed by atoms with E-state index in [2.05, 4.69) is 24.1 Å². The van der Waals surface area contributed by atoms with Crippen molar-refractivity contribution in [3.63, 3.8) is 0 Å². The van der Waals surface area contributed by atoms with Crippen LogP contribution in [0, 0.1) is 0 Å². The Morgan fingerprint density at radius 2 is 2.24 bits per heavy atom. The van der Waals surface area contributed by atoms with E-state index in [-0.39, 0.29) is 5.91 Å². The first-order chi connectivity index (χ1) is 8.18. The van der Waals surface area contributed by atoms with Crippen molar-refractivity contribution in [1.29, 1.82) is 0 Å². The van der Waals surface area contributed by atoms with Gasteiger partial charge < -0.3 is 10.2 Å². The van der Waals surface area contributed by atoms with Gasteiger partial charge in [-0.3, -0.25) is 9.78 Å². The summed E-state index contributed by atoms with van der Waals surface area (Å²) in [6, 6.07) is 4.00. The van der Waals surface area contributed by atoms with Gasteiger partial charge in [0.05, 0.1) is 18.4 Å². The predicted octanol–water partition coefficient (Wildman–Crippen LogP) is 1.53. The summed E-state index contributed by atoms with van der Waals surface area (Å²) in [7, 11) is 0. The van der Waals surface area contributed by atoms with Crippen molar-refractivity contribution in [3.05, 3.63) is 24.0 Å². The van der Waals surface area contributed by atoms with Gasteiger partial charge in [0.2, 0.25) is 5.91 Å². The van der Waals surface area contributed by atoms with E-state index in [1.54, 1.807) is 6.20 Å². The van der Waals surface area contributed by atoms with E-state index in [0.29, 0.717) is 12.5 Å². The van der Waals surface area contributed by atoms with Gasteiger partial charge in [-0.05, 0) is 31.0 Å².